The molecule has 2 heterocycles. The predicted octanol–water partition coefficient (Wildman–Crippen LogP) is 2.61. The largest absolute Gasteiger partial charge is 0.350 e. The molecule has 1 aliphatic heterocycles. The molecule has 0 fully saturated rings. The van der Waals surface area contributed by atoms with Crippen molar-refractivity contribution in [3.63, 3.8) is 0 Å². The molecule has 2 amide bonds. The van der Waals surface area contributed by atoms with Crippen molar-refractivity contribution in [2.24, 2.45) is 7.05 Å². The van der Waals surface area contributed by atoms with Gasteiger partial charge in [-0.1, -0.05) is 24.3 Å². The van der Waals surface area contributed by atoms with Crippen LogP contribution in [0.15, 0.2) is 36.5 Å². The Morgan fingerprint density at radius 1 is 1.30 bits per heavy atom. The number of nitrogens with one attached hydrogen (secondary N) is 1. The van der Waals surface area contributed by atoms with Gasteiger partial charge in [-0.2, -0.15) is 0 Å². The minimum atomic E-state index is -0.00165. The van der Waals surface area contributed by atoms with E-state index in [0.717, 1.165) is 13.0 Å². The first-order valence-corrected chi connectivity index (χ1v) is 6.91. The van der Waals surface area contributed by atoms with E-state index in [0.29, 0.717) is 6.54 Å². The molecule has 0 saturated heterocycles. The first-order valence-electron chi connectivity index (χ1n) is 6.91. The average Bonchev–Trinajstić information content (AvgIpc) is 2.84. The van der Waals surface area contributed by atoms with Crippen LogP contribution in [0, 0.1) is 0 Å². The molecule has 3 rings (SSSR count). The zero-order valence-electron chi connectivity index (χ0n) is 11.9. The Labute approximate surface area is 118 Å². The van der Waals surface area contributed by atoms with E-state index in [1.807, 2.05) is 4.90 Å². The summed E-state index contributed by atoms with van der Waals surface area (Å²) in [5, 5.41) is 3.96. The van der Waals surface area contributed by atoms with Gasteiger partial charge in [-0.3, -0.25) is 0 Å². The van der Waals surface area contributed by atoms with Crippen molar-refractivity contribution in [3.05, 3.63) is 42.1 Å². The van der Waals surface area contributed by atoms with E-state index in [4.69, 9.17) is 0 Å². The number of para-hydroxylation sites is 1. The van der Waals surface area contributed by atoms with Crippen molar-refractivity contribution in [1.29, 1.82) is 0 Å². The van der Waals surface area contributed by atoms with E-state index in [-0.39, 0.29) is 6.03 Å². The molecule has 0 bridgehead atoms. The SMILES string of the molecule is CNC(=O)N1CC=C(c2cn(C)c3ccccc23)CC1. The van der Waals surface area contributed by atoms with Crippen molar-refractivity contribution in [2.75, 3.05) is 20.1 Å². The lowest BCUT2D eigenvalue weighted by Gasteiger charge is -2.26. The highest BCUT2D eigenvalue weighted by molar-refractivity contribution is 5.93. The molecule has 0 aliphatic carbocycles. The zero-order valence-corrected chi connectivity index (χ0v) is 11.9. The number of amides is 2. The van der Waals surface area contributed by atoms with Gasteiger partial charge in [-0.05, 0) is 18.1 Å². The number of hydrogen-bond acceptors (Lipinski definition) is 1. The number of fused-ring (bicyclic) bond motifs is 1. The fourth-order valence-corrected chi connectivity index (χ4v) is 2.85. The van der Waals surface area contributed by atoms with Gasteiger partial charge in [0.25, 0.3) is 0 Å². The highest BCUT2D eigenvalue weighted by atomic mass is 16.2. The summed E-state index contributed by atoms with van der Waals surface area (Å²) in [6.07, 6.45) is 5.26. The number of rotatable bonds is 1. The Hall–Kier alpha value is -2.23. The molecule has 20 heavy (non-hydrogen) atoms. The molecular formula is C16H19N3O. The Morgan fingerprint density at radius 2 is 2.10 bits per heavy atom. The molecule has 0 unspecified atom stereocenters. The van der Waals surface area contributed by atoms with Crippen molar-refractivity contribution < 1.29 is 4.79 Å². The lowest BCUT2D eigenvalue weighted by molar-refractivity contribution is 0.205. The average molecular weight is 269 g/mol. The van der Waals surface area contributed by atoms with E-state index in [1.54, 1.807) is 7.05 Å². The maximum absolute atomic E-state index is 11.6. The maximum atomic E-state index is 11.6. The van der Waals surface area contributed by atoms with Crippen LogP contribution in [0.5, 0.6) is 0 Å². The fraction of sp³-hybridized carbons (Fsp3) is 0.312. The molecule has 2 aromatic rings. The molecule has 1 N–H and O–H groups in total. The standard InChI is InChI=1S/C16H19N3O/c1-17-16(20)19-9-7-12(8-10-19)14-11-18(2)15-6-4-3-5-13(14)15/h3-7,11H,8-10H2,1-2H3,(H,17,20). The van der Waals surface area contributed by atoms with Crippen molar-refractivity contribution in [2.45, 2.75) is 6.42 Å². The second kappa shape index (κ2) is 5.04. The van der Waals surface area contributed by atoms with Gasteiger partial charge in [0.15, 0.2) is 0 Å². The van der Waals surface area contributed by atoms with Crippen LogP contribution in [0.1, 0.15) is 12.0 Å². The van der Waals surface area contributed by atoms with Gasteiger partial charge in [-0.25, -0.2) is 4.79 Å². The van der Waals surface area contributed by atoms with Crippen LogP contribution in [-0.4, -0.2) is 35.6 Å². The van der Waals surface area contributed by atoms with Gasteiger partial charge in [0.05, 0.1) is 0 Å². The normalized spacial score (nSPS) is 15.3. The molecule has 1 aliphatic rings. The summed E-state index contributed by atoms with van der Waals surface area (Å²) in [7, 11) is 3.75. The number of aryl methyl sites for hydroxylation is 1. The summed E-state index contributed by atoms with van der Waals surface area (Å²) in [5.74, 6) is 0. The quantitative estimate of drug-likeness (QED) is 0.849. The van der Waals surface area contributed by atoms with Crippen LogP contribution >= 0.6 is 0 Å². The second-order valence-electron chi connectivity index (χ2n) is 5.15. The minimum absolute atomic E-state index is 0.00165. The number of aromatic nitrogens is 1. The Balaban J connectivity index is 1.93. The smallest absolute Gasteiger partial charge is 0.317 e. The first-order chi connectivity index (χ1) is 9.70. The van der Waals surface area contributed by atoms with Crippen molar-refractivity contribution >= 4 is 22.5 Å². The molecule has 0 saturated carbocycles. The Bertz CT molecular complexity index is 684. The van der Waals surface area contributed by atoms with E-state index in [9.17, 15) is 4.79 Å². The van der Waals surface area contributed by atoms with Crippen molar-refractivity contribution in [1.82, 2.24) is 14.8 Å². The number of carbonyl (C=O) groups is 1. The van der Waals surface area contributed by atoms with Crippen molar-refractivity contribution in [3.8, 4) is 0 Å². The van der Waals surface area contributed by atoms with Gasteiger partial charge in [0.1, 0.15) is 0 Å². The van der Waals surface area contributed by atoms with Gasteiger partial charge < -0.3 is 14.8 Å². The zero-order chi connectivity index (χ0) is 14.1. The Kier molecular flexibility index (Phi) is 3.22. The van der Waals surface area contributed by atoms with Crippen LogP contribution in [-0.2, 0) is 7.05 Å². The molecule has 4 heteroatoms. The summed E-state index contributed by atoms with van der Waals surface area (Å²) < 4.78 is 2.16. The van der Waals surface area contributed by atoms with E-state index >= 15 is 0 Å². The lowest BCUT2D eigenvalue weighted by Crippen LogP contribution is -2.40. The van der Waals surface area contributed by atoms with Crippen LogP contribution in [0.2, 0.25) is 0 Å². The summed E-state index contributed by atoms with van der Waals surface area (Å²) in [6, 6.07) is 8.44. The predicted molar refractivity (Wildman–Crippen MR) is 81.5 cm³/mol. The number of nitrogens with zero attached hydrogens (tertiary/aromatic N) is 2. The molecule has 104 valence electrons. The maximum Gasteiger partial charge on any atom is 0.317 e. The van der Waals surface area contributed by atoms with Gasteiger partial charge >= 0.3 is 6.03 Å². The third kappa shape index (κ3) is 2.07. The first kappa shape index (κ1) is 12.8. The van der Waals surface area contributed by atoms with E-state index in [1.165, 1.54) is 22.0 Å². The molecule has 0 atom stereocenters. The third-order valence-corrected chi connectivity index (χ3v) is 3.95. The minimum Gasteiger partial charge on any atom is -0.350 e. The highest BCUT2D eigenvalue weighted by Crippen LogP contribution is 2.30. The summed E-state index contributed by atoms with van der Waals surface area (Å²) in [5.41, 5.74) is 3.87. The number of carbonyl (C=O) groups excluding carboxylic acids is 1. The molecule has 4 nitrogen and oxygen atoms in total. The summed E-state index contributed by atoms with van der Waals surface area (Å²) in [6.45, 7) is 1.45. The van der Waals surface area contributed by atoms with Crippen LogP contribution in [0.4, 0.5) is 4.79 Å². The third-order valence-electron chi connectivity index (χ3n) is 3.95. The van der Waals surface area contributed by atoms with Crippen LogP contribution in [0.3, 0.4) is 0 Å². The summed E-state index contributed by atoms with van der Waals surface area (Å²) >= 11 is 0. The van der Waals surface area contributed by atoms with E-state index < -0.39 is 0 Å². The second-order valence-corrected chi connectivity index (χ2v) is 5.15. The van der Waals surface area contributed by atoms with E-state index in [2.05, 4.69) is 53.5 Å². The molecule has 1 aromatic heterocycles. The number of benzene rings is 1. The summed E-state index contributed by atoms with van der Waals surface area (Å²) in [4.78, 5) is 13.4. The molecular weight excluding hydrogens is 250 g/mol. The molecule has 1 aromatic carbocycles. The van der Waals surface area contributed by atoms with Gasteiger partial charge in [-0.15, -0.1) is 0 Å². The lowest BCUT2D eigenvalue weighted by atomic mass is 9.99. The van der Waals surface area contributed by atoms with Crippen LogP contribution in [0.25, 0.3) is 16.5 Å². The number of urea groups is 1. The van der Waals surface area contributed by atoms with Crippen LogP contribution < -0.4 is 5.32 Å². The highest BCUT2D eigenvalue weighted by Gasteiger charge is 2.18. The van der Waals surface area contributed by atoms with Gasteiger partial charge in [0.2, 0.25) is 0 Å². The number of hydrogen-bond donors (Lipinski definition) is 1. The monoisotopic (exact) mass is 269 g/mol. The molecule has 0 spiro atoms. The molecule has 0 radical (unpaired) electrons. The Morgan fingerprint density at radius 3 is 2.80 bits per heavy atom. The van der Waals surface area contributed by atoms with Gasteiger partial charge in [0, 0.05) is 49.8 Å². The fourth-order valence-electron chi connectivity index (χ4n) is 2.85. The topological polar surface area (TPSA) is 37.3 Å².